The number of hydrogen-bond donors (Lipinski definition) is 0. The van der Waals surface area contributed by atoms with Crippen molar-refractivity contribution in [1.29, 1.82) is 0 Å². The van der Waals surface area contributed by atoms with E-state index in [1.165, 1.54) is 44.1 Å². The molecule has 1 rings (SSSR count). The summed E-state index contributed by atoms with van der Waals surface area (Å²) in [5.41, 5.74) is 2.32. The van der Waals surface area contributed by atoms with Crippen molar-refractivity contribution in [3.63, 3.8) is 0 Å². The number of allylic oxidation sites excluding steroid dienone is 1. The highest BCUT2D eigenvalue weighted by Crippen LogP contribution is 2.41. The Balaban J connectivity index is 3.08. The van der Waals surface area contributed by atoms with Crippen molar-refractivity contribution in [2.24, 2.45) is 5.92 Å². The third-order valence-corrected chi connectivity index (χ3v) is 5.56. The summed E-state index contributed by atoms with van der Waals surface area (Å²) in [5, 5.41) is 0. The fourth-order valence-corrected chi connectivity index (χ4v) is 3.99. The lowest BCUT2D eigenvalue weighted by Crippen LogP contribution is -2.42. The van der Waals surface area contributed by atoms with Crippen LogP contribution in [0.3, 0.4) is 0 Å². The fourth-order valence-electron chi connectivity index (χ4n) is 3.99. The zero-order valence-corrected chi connectivity index (χ0v) is 21.0. The molecule has 0 radical (unpaired) electrons. The zero-order valence-electron chi connectivity index (χ0n) is 21.0. The van der Waals surface area contributed by atoms with E-state index in [1.807, 2.05) is 6.26 Å². The van der Waals surface area contributed by atoms with Gasteiger partial charge in [-0.3, -0.25) is 0 Å². The lowest BCUT2D eigenvalue weighted by molar-refractivity contribution is -0.281. The Morgan fingerprint density at radius 1 is 0.774 bits per heavy atom. The standard InChI is InChI=1S/C28H48O3/c1-6-9-10-11-12-14-19-27(20-23-29-24-25(4)5)28(30-21-7-2,31-22-8-3)26-17-15-13-16-18-26/h13,15-18,24,27H,6-12,14,19-23H2,1-5H3. The maximum Gasteiger partial charge on any atom is 0.197 e. The Labute approximate surface area is 192 Å². The van der Waals surface area contributed by atoms with Crippen LogP contribution in [0.4, 0.5) is 0 Å². The summed E-state index contributed by atoms with van der Waals surface area (Å²) in [5.74, 6) is -0.449. The SMILES string of the molecule is CCCCCCCCC(CCOC=C(C)C)C(OCCC)(OCCC)c1ccccc1. The molecular weight excluding hydrogens is 384 g/mol. The van der Waals surface area contributed by atoms with Crippen LogP contribution in [0.25, 0.3) is 0 Å². The predicted molar refractivity (Wildman–Crippen MR) is 132 cm³/mol. The first kappa shape index (κ1) is 27.7. The van der Waals surface area contributed by atoms with E-state index < -0.39 is 5.79 Å². The smallest absolute Gasteiger partial charge is 0.197 e. The molecule has 1 aromatic carbocycles. The largest absolute Gasteiger partial charge is 0.501 e. The molecule has 3 heteroatoms. The Morgan fingerprint density at radius 2 is 1.39 bits per heavy atom. The molecule has 0 N–H and O–H groups in total. The number of rotatable bonds is 19. The van der Waals surface area contributed by atoms with Gasteiger partial charge in [0, 0.05) is 11.5 Å². The lowest BCUT2D eigenvalue weighted by Gasteiger charge is -2.41. The van der Waals surface area contributed by atoms with E-state index in [4.69, 9.17) is 14.2 Å². The zero-order chi connectivity index (χ0) is 22.8. The Morgan fingerprint density at radius 3 is 1.97 bits per heavy atom. The Kier molecular flexibility index (Phi) is 15.4. The summed E-state index contributed by atoms with van der Waals surface area (Å²) in [6.45, 7) is 12.8. The van der Waals surface area contributed by atoms with Gasteiger partial charge in [0.25, 0.3) is 0 Å². The van der Waals surface area contributed by atoms with Crippen molar-refractivity contribution >= 4 is 0 Å². The van der Waals surface area contributed by atoms with E-state index in [-0.39, 0.29) is 5.92 Å². The quantitative estimate of drug-likeness (QED) is 0.125. The Hall–Kier alpha value is -1.32. The van der Waals surface area contributed by atoms with E-state index in [1.54, 1.807) is 0 Å². The van der Waals surface area contributed by atoms with Gasteiger partial charge in [0.05, 0.1) is 26.1 Å². The van der Waals surface area contributed by atoms with Crippen LogP contribution in [0.5, 0.6) is 0 Å². The Bertz CT molecular complexity index is 555. The molecule has 0 fully saturated rings. The second kappa shape index (κ2) is 17.3. The molecule has 1 atom stereocenters. The first-order chi connectivity index (χ1) is 15.1. The number of ether oxygens (including phenoxy) is 3. The van der Waals surface area contributed by atoms with Gasteiger partial charge in [-0.2, -0.15) is 0 Å². The molecule has 31 heavy (non-hydrogen) atoms. The van der Waals surface area contributed by atoms with Gasteiger partial charge in [-0.15, -0.1) is 0 Å². The molecule has 1 aromatic rings. The van der Waals surface area contributed by atoms with Crippen LogP contribution < -0.4 is 0 Å². The molecule has 0 aliphatic heterocycles. The van der Waals surface area contributed by atoms with Gasteiger partial charge in [-0.1, -0.05) is 89.6 Å². The average molecular weight is 433 g/mol. The summed E-state index contributed by atoms with van der Waals surface area (Å²) < 4.78 is 19.1. The highest BCUT2D eigenvalue weighted by molar-refractivity contribution is 5.21. The molecular formula is C28H48O3. The second-order valence-electron chi connectivity index (χ2n) is 8.84. The molecule has 0 aliphatic carbocycles. The monoisotopic (exact) mass is 432 g/mol. The van der Waals surface area contributed by atoms with Crippen LogP contribution >= 0.6 is 0 Å². The summed E-state index contributed by atoms with van der Waals surface area (Å²) in [6.07, 6.45) is 13.6. The van der Waals surface area contributed by atoms with Gasteiger partial charge in [0.15, 0.2) is 5.79 Å². The molecule has 0 saturated carbocycles. The van der Waals surface area contributed by atoms with E-state index in [9.17, 15) is 0 Å². The first-order valence-electron chi connectivity index (χ1n) is 12.7. The topological polar surface area (TPSA) is 27.7 Å². The summed E-state index contributed by atoms with van der Waals surface area (Å²) in [6, 6.07) is 10.6. The highest BCUT2D eigenvalue weighted by atomic mass is 16.7. The second-order valence-corrected chi connectivity index (χ2v) is 8.84. The van der Waals surface area contributed by atoms with Crippen LogP contribution in [0.2, 0.25) is 0 Å². The van der Waals surface area contributed by atoms with E-state index in [0.29, 0.717) is 19.8 Å². The molecule has 0 bridgehead atoms. The van der Waals surface area contributed by atoms with E-state index in [0.717, 1.165) is 31.2 Å². The van der Waals surface area contributed by atoms with Gasteiger partial charge in [0.1, 0.15) is 0 Å². The number of benzene rings is 1. The fraction of sp³-hybridized carbons (Fsp3) is 0.714. The molecule has 0 spiro atoms. The van der Waals surface area contributed by atoms with E-state index >= 15 is 0 Å². The number of unbranched alkanes of at least 4 members (excludes halogenated alkanes) is 5. The van der Waals surface area contributed by atoms with Gasteiger partial charge < -0.3 is 14.2 Å². The van der Waals surface area contributed by atoms with Crippen molar-refractivity contribution in [1.82, 2.24) is 0 Å². The molecule has 1 unspecified atom stereocenters. The predicted octanol–water partition coefficient (Wildman–Crippen LogP) is 8.39. The van der Waals surface area contributed by atoms with Crippen LogP contribution in [-0.4, -0.2) is 19.8 Å². The average Bonchev–Trinajstić information content (AvgIpc) is 2.78. The van der Waals surface area contributed by atoms with E-state index in [2.05, 4.69) is 65.0 Å². The maximum absolute atomic E-state index is 6.61. The summed E-state index contributed by atoms with van der Waals surface area (Å²) >= 11 is 0. The molecule has 178 valence electrons. The molecule has 3 nitrogen and oxygen atoms in total. The third-order valence-electron chi connectivity index (χ3n) is 5.56. The highest BCUT2D eigenvalue weighted by Gasteiger charge is 2.42. The summed E-state index contributed by atoms with van der Waals surface area (Å²) in [7, 11) is 0. The van der Waals surface area contributed by atoms with Crippen molar-refractivity contribution in [3.8, 4) is 0 Å². The van der Waals surface area contributed by atoms with Crippen molar-refractivity contribution in [3.05, 3.63) is 47.7 Å². The minimum Gasteiger partial charge on any atom is -0.501 e. The third kappa shape index (κ3) is 10.7. The van der Waals surface area contributed by atoms with Crippen molar-refractivity contribution < 1.29 is 14.2 Å². The van der Waals surface area contributed by atoms with Gasteiger partial charge in [0.2, 0.25) is 0 Å². The molecule has 0 heterocycles. The van der Waals surface area contributed by atoms with Crippen LogP contribution in [0, 0.1) is 5.92 Å². The first-order valence-corrected chi connectivity index (χ1v) is 12.7. The van der Waals surface area contributed by atoms with Gasteiger partial charge in [-0.25, -0.2) is 0 Å². The van der Waals surface area contributed by atoms with Crippen LogP contribution in [-0.2, 0) is 20.0 Å². The molecule has 0 saturated heterocycles. The molecule has 0 amide bonds. The van der Waals surface area contributed by atoms with Crippen molar-refractivity contribution in [2.45, 2.75) is 105 Å². The maximum atomic E-state index is 6.61. The van der Waals surface area contributed by atoms with Gasteiger partial charge >= 0.3 is 0 Å². The van der Waals surface area contributed by atoms with Gasteiger partial charge in [-0.05, 0) is 45.1 Å². The molecule has 0 aliphatic rings. The van der Waals surface area contributed by atoms with Crippen LogP contribution in [0.1, 0.15) is 104 Å². The lowest BCUT2D eigenvalue weighted by atomic mass is 9.84. The minimum atomic E-state index is -0.703. The summed E-state index contributed by atoms with van der Waals surface area (Å²) in [4.78, 5) is 0. The number of hydrogen-bond acceptors (Lipinski definition) is 3. The normalized spacial score (nSPS) is 12.5. The molecule has 0 aromatic heterocycles. The van der Waals surface area contributed by atoms with Crippen molar-refractivity contribution in [2.75, 3.05) is 19.8 Å². The minimum absolute atomic E-state index is 0.254. The van der Waals surface area contributed by atoms with Crippen LogP contribution in [0.15, 0.2) is 42.2 Å².